The smallest absolute Gasteiger partial charge is 0.335 e. The number of hydrogen-bond acceptors (Lipinski definition) is 5. The molecule has 7 nitrogen and oxygen atoms in total. The Morgan fingerprint density at radius 3 is 2.52 bits per heavy atom. The van der Waals surface area contributed by atoms with Crippen molar-refractivity contribution in [3.63, 3.8) is 0 Å². The van der Waals surface area contributed by atoms with E-state index in [9.17, 15) is 14.9 Å². The molecule has 0 aromatic heterocycles. The van der Waals surface area contributed by atoms with Crippen LogP contribution in [0.2, 0.25) is 5.02 Å². The molecule has 0 fully saturated rings. The van der Waals surface area contributed by atoms with Crippen molar-refractivity contribution in [3.05, 3.63) is 94.0 Å². The third kappa shape index (κ3) is 6.35. The van der Waals surface area contributed by atoms with Crippen LogP contribution in [-0.4, -0.2) is 24.1 Å². The lowest BCUT2D eigenvalue weighted by Gasteiger charge is -2.12. The fourth-order valence-corrected chi connectivity index (χ4v) is 3.01. The topological polar surface area (TPSA) is 109 Å². The quantitative estimate of drug-likeness (QED) is 0.353. The number of carboxylic acids is 1. The summed E-state index contributed by atoms with van der Waals surface area (Å²) in [5.74, 6) is -0.853. The van der Waals surface area contributed by atoms with Crippen LogP contribution in [0.25, 0.3) is 6.08 Å². The zero-order chi connectivity index (χ0) is 23.8. The van der Waals surface area contributed by atoms with Gasteiger partial charge in [0, 0.05) is 10.7 Å². The van der Waals surface area contributed by atoms with Crippen LogP contribution >= 0.6 is 11.6 Å². The normalized spacial score (nSPS) is 10.8. The van der Waals surface area contributed by atoms with Crippen LogP contribution in [0.1, 0.15) is 21.5 Å². The minimum Gasteiger partial charge on any atom is -0.493 e. The molecule has 0 aliphatic rings. The molecule has 0 aliphatic carbocycles. The van der Waals surface area contributed by atoms with Gasteiger partial charge in [-0.05, 0) is 59.7 Å². The van der Waals surface area contributed by atoms with E-state index in [1.165, 1.54) is 37.5 Å². The molecule has 0 atom stereocenters. The van der Waals surface area contributed by atoms with Gasteiger partial charge in [0.2, 0.25) is 0 Å². The van der Waals surface area contributed by atoms with Gasteiger partial charge < -0.3 is 19.9 Å². The van der Waals surface area contributed by atoms with E-state index in [4.69, 9.17) is 26.2 Å². The Morgan fingerprint density at radius 1 is 1.09 bits per heavy atom. The van der Waals surface area contributed by atoms with Crippen molar-refractivity contribution in [1.29, 1.82) is 5.26 Å². The Kier molecular flexibility index (Phi) is 7.68. The molecular weight excluding hydrogens is 444 g/mol. The van der Waals surface area contributed by atoms with Crippen LogP contribution in [0, 0.1) is 11.3 Å². The first-order valence-corrected chi connectivity index (χ1v) is 10.1. The van der Waals surface area contributed by atoms with Crippen LogP contribution in [-0.2, 0) is 11.4 Å². The number of halogens is 1. The van der Waals surface area contributed by atoms with Crippen LogP contribution < -0.4 is 14.8 Å². The van der Waals surface area contributed by atoms with Gasteiger partial charge in [-0.1, -0.05) is 35.9 Å². The largest absolute Gasteiger partial charge is 0.493 e. The molecule has 3 aromatic rings. The number of nitrogens with one attached hydrogen (secondary N) is 1. The van der Waals surface area contributed by atoms with Gasteiger partial charge in [-0.25, -0.2) is 4.79 Å². The van der Waals surface area contributed by atoms with E-state index in [1.807, 2.05) is 18.2 Å². The lowest BCUT2D eigenvalue weighted by molar-refractivity contribution is -0.112. The van der Waals surface area contributed by atoms with E-state index in [1.54, 1.807) is 30.3 Å². The number of carboxylic acid groups (broad SMARTS) is 1. The molecule has 0 heterocycles. The zero-order valence-corrected chi connectivity index (χ0v) is 18.3. The number of carbonyl (C=O) groups excluding carboxylic acids is 1. The third-order valence-electron chi connectivity index (χ3n) is 4.54. The number of anilines is 1. The lowest BCUT2D eigenvalue weighted by Crippen LogP contribution is -2.14. The van der Waals surface area contributed by atoms with Gasteiger partial charge >= 0.3 is 5.97 Å². The molecule has 1 amide bonds. The highest BCUT2D eigenvalue weighted by molar-refractivity contribution is 6.30. The molecule has 8 heteroatoms. The summed E-state index contributed by atoms with van der Waals surface area (Å²) >= 11 is 5.91. The molecule has 0 spiro atoms. The highest BCUT2D eigenvalue weighted by atomic mass is 35.5. The van der Waals surface area contributed by atoms with Gasteiger partial charge in [-0.3, -0.25) is 4.79 Å². The van der Waals surface area contributed by atoms with E-state index in [0.717, 1.165) is 5.56 Å². The SMILES string of the molecule is COc1ccc(C=C(C#N)C(=O)Nc2cccc(C(=O)O)c2)cc1OCc1ccc(Cl)cc1. The first-order valence-electron chi connectivity index (χ1n) is 9.71. The fraction of sp³-hybridized carbons (Fsp3) is 0.0800. The number of aromatic carboxylic acids is 1. The Bertz CT molecular complexity index is 1250. The molecule has 2 N–H and O–H groups in total. The van der Waals surface area contributed by atoms with Crippen LogP contribution in [0.4, 0.5) is 5.69 Å². The van der Waals surface area contributed by atoms with E-state index in [2.05, 4.69) is 5.32 Å². The highest BCUT2D eigenvalue weighted by Crippen LogP contribution is 2.30. The summed E-state index contributed by atoms with van der Waals surface area (Å²) in [7, 11) is 1.51. The van der Waals surface area contributed by atoms with Gasteiger partial charge in [0.1, 0.15) is 18.2 Å². The number of methoxy groups -OCH3 is 1. The summed E-state index contributed by atoms with van der Waals surface area (Å²) in [5.41, 5.74) is 1.58. The van der Waals surface area contributed by atoms with Crippen LogP contribution in [0.5, 0.6) is 11.5 Å². The minimum absolute atomic E-state index is 0.0212. The second-order valence-electron chi connectivity index (χ2n) is 6.84. The second kappa shape index (κ2) is 10.8. The lowest BCUT2D eigenvalue weighted by atomic mass is 10.1. The standard InChI is InChI=1S/C25H19ClN2O5/c1-32-22-10-7-17(12-23(22)33-15-16-5-8-20(26)9-6-16)11-19(14-27)24(29)28-21-4-2-3-18(13-21)25(30)31/h2-13H,15H2,1H3,(H,28,29)(H,30,31). The summed E-state index contributed by atoms with van der Waals surface area (Å²) in [6.07, 6.45) is 1.41. The molecule has 0 aliphatic heterocycles. The molecule has 33 heavy (non-hydrogen) atoms. The Morgan fingerprint density at radius 2 is 1.85 bits per heavy atom. The molecule has 166 valence electrons. The number of ether oxygens (including phenoxy) is 2. The number of hydrogen-bond donors (Lipinski definition) is 2. The summed E-state index contributed by atoms with van der Waals surface area (Å²) < 4.78 is 11.2. The molecule has 0 saturated heterocycles. The highest BCUT2D eigenvalue weighted by Gasteiger charge is 2.13. The number of amides is 1. The number of carbonyl (C=O) groups is 2. The van der Waals surface area contributed by atoms with E-state index >= 15 is 0 Å². The summed E-state index contributed by atoms with van der Waals surface area (Å²) in [4.78, 5) is 23.7. The van der Waals surface area contributed by atoms with Crippen molar-refractivity contribution in [2.24, 2.45) is 0 Å². The molecule has 0 saturated carbocycles. The number of nitrogens with zero attached hydrogens (tertiary/aromatic N) is 1. The maximum atomic E-state index is 12.6. The summed E-state index contributed by atoms with van der Waals surface area (Å²) in [6.45, 7) is 0.270. The average Bonchev–Trinajstić information content (AvgIpc) is 2.82. The van der Waals surface area contributed by atoms with Crippen molar-refractivity contribution in [2.75, 3.05) is 12.4 Å². The van der Waals surface area contributed by atoms with Gasteiger partial charge in [-0.2, -0.15) is 5.26 Å². The summed E-state index contributed by atoms with van der Waals surface area (Å²) in [6, 6.07) is 19.9. The zero-order valence-electron chi connectivity index (χ0n) is 17.5. The maximum Gasteiger partial charge on any atom is 0.335 e. The number of benzene rings is 3. The van der Waals surface area contributed by atoms with E-state index in [0.29, 0.717) is 22.1 Å². The molecule has 3 rings (SSSR count). The van der Waals surface area contributed by atoms with Crippen LogP contribution in [0.15, 0.2) is 72.3 Å². The van der Waals surface area contributed by atoms with E-state index in [-0.39, 0.29) is 23.4 Å². The Hall–Kier alpha value is -4.28. The first kappa shape index (κ1) is 23.4. The van der Waals surface area contributed by atoms with Gasteiger partial charge in [0.25, 0.3) is 5.91 Å². The minimum atomic E-state index is -1.12. The van der Waals surface area contributed by atoms with Crippen molar-refractivity contribution < 1.29 is 24.2 Å². The van der Waals surface area contributed by atoms with Gasteiger partial charge in [0.05, 0.1) is 12.7 Å². The molecule has 0 bridgehead atoms. The fourth-order valence-electron chi connectivity index (χ4n) is 2.88. The van der Waals surface area contributed by atoms with Crippen molar-refractivity contribution in [3.8, 4) is 17.6 Å². The Balaban J connectivity index is 1.79. The van der Waals surface area contributed by atoms with Crippen molar-refractivity contribution >= 4 is 35.2 Å². The Labute approximate surface area is 195 Å². The molecule has 0 unspecified atom stereocenters. The molecule has 0 radical (unpaired) electrons. The predicted octanol–water partition coefficient (Wildman–Crippen LogP) is 5.17. The molecular formula is C25H19ClN2O5. The predicted molar refractivity (Wildman–Crippen MR) is 124 cm³/mol. The average molecular weight is 463 g/mol. The second-order valence-corrected chi connectivity index (χ2v) is 7.27. The number of rotatable bonds is 8. The van der Waals surface area contributed by atoms with Gasteiger partial charge in [0.15, 0.2) is 11.5 Å². The number of nitriles is 1. The van der Waals surface area contributed by atoms with Gasteiger partial charge in [-0.15, -0.1) is 0 Å². The van der Waals surface area contributed by atoms with Crippen molar-refractivity contribution in [1.82, 2.24) is 0 Å². The van der Waals surface area contributed by atoms with Crippen LogP contribution in [0.3, 0.4) is 0 Å². The van der Waals surface area contributed by atoms with Crippen molar-refractivity contribution in [2.45, 2.75) is 6.61 Å². The summed E-state index contributed by atoms with van der Waals surface area (Å²) in [5, 5.41) is 21.7. The van der Waals surface area contributed by atoms with E-state index < -0.39 is 11.9 Å². The first-order chi connectivity index (χ1) is 15.9. The monoisotopic (exact) mass is 462 g/mol. The third-order valence-corrected chi connectivity index (χ3v) is 4.79. The maximum absolute atomic E-state index is 12.6. The molecule has 3 aromatic carbocycles.